The highest BCUT2D eigenvalue weighted by Gasteiger charge is 2.40. The zero-order chi connectivity index (χ0) is 21.4. The molecule has 1 aliphatic heterocycles. The number of carbonyl (C=O) groups is 2. The van der Waals surface area contributed by atoms with E-state index in [4.69, 9.17) is 0 Å². The minimum Gasteiger partial charge on any atom is -0.378 e. The van der Waals surface area contributed by atoms with Crippen molar-refractivity contribution in [3.8, 4) is 0 Å². The summed E-state index contributed by atoms with van der Waals surface area (Å²) < 4.78 is 27.0. The average molecular weight is 425 g/mol. The van der Waals surface area contributed by atoms with Gasteiger partial charge in [-0.05, 0) is 41.8 Å². The third kappa shape index (κ3) is 3.46. The smallest absolute Gasteiger partial charge is 0.282 e. The van der Waals surface area contributed by atoms with Crippen molar-refractivity contribution < 1.29 is 18.4 Å². The van der Waals surface area contributed by atoms with Crippen LogP contribution in [0.25, 0.3) is 5.57 Å². The molecule has 1 N–H and O–H groups in total. The molecule has 0 spiro atoms. The lowest BCUT2D eigenvalue weighted by Crippen LogP contribution is -2.32. The molecule has 4 rings (SSSR count). The lowest BCUT2D eigenvalue weighted by atomic mass is 10.2. The Hall–Kier alpha value is -3.52. The number of anilines is 3. The molecule has 0 aliphatic carbocycles. The second kappa shape index (κ2) is 7.72. The van der Waals surface area contributed by atoms with E-state index < -0.39 is 23.4 Å². The molecule has 152 valence electrons. The number of carbonyl (C=O) groups excluding carboxylic acids is 2. The van der Waals surface area contributed by atoms with Crippen molar-refractivity contribution in [2.24, 2.45) is 0 Å². The van der Waals surface area contributed by atoms with Gasteiger partial charge in [-0.3, -0.25) is 9.59 Å². The van der Waals surface area contributed by atoms with Crippen LogP contribution in [0, 0.1) is 11.6 Å². The molecule has 30 heavy (non-hydrogen) atoms. The largest absolute Gasteiger partial charge is 0.378 e. The van der Waals surface area contributed by atoms with Crippen molar-refractivity contribution in [2.45, 2.75) is 0 Å². The van der Waals surface area contributed by atoms with Crippen molar-refractivity contribution in [1.82, 2.24) is 0 Å². The third-order valence-electron chi connectivity index (χ3n) is 4.64. The molecule has 0 atom stereocenters. The molecule has 0 saturated heterocycles. The molecule has 0 bridgehead atoms. The van der Waals surface area contributed by atoms with Gasteiger partial charge in [-0.1, -0.05) is 12.1 Å². The van der Waals surface area contributed by atoms with Gasteiger partial charge < -0.3 is 10.2 Å². The molecular formula is C22H17F2N3O2S. The number of rotatable bonds is 5. The summed E-state index contributed by atoms with van der Waals surface area (Å²) in [6.45, 7) is 0. The lowest BCUT2D eigenvalue weighted by molar-refractivity contribution is -0.120. The molecule has 2 aromatic carbocycles. The molecule has 5 nitrogen and oxygen atoms in total. The van der Waals surface area contributed by atoms with Gasteiger partial charge in [-0.15, -0.1) is 11.3 Å². The molecule has 8 heteroatoms. The molecule has 1 aromatic heterocycles. The van der Waals surface area contributed by atoms with Gasteiger partial charge in [0.2, 0.25) is 0 Å². The van der Waals surface area contributed by atoms with Gasteiger partial charge in [-0.2, -0.15) is 0 Å². The molecular weight excluding hydrogens is 408 g/mol. The fourth-order valence-electron chi connectivity index (χ4n) is 3.16. The van der Waals surface area contributed by atoms with Crippen molar-refractivity contribution >= 4 is 45.8 Å². The Morgan fingerprint density at radius 2 is 1.73 bits per heavy atom. The summed E-state index contributed by atoms with van der Waals surface area (Å²) in [5.74, 6) is -3.10. The second-order valence-electron chi connectivity index (χ2n) is 6.84. The van der Waals surface area contributed by atoms with Gasteiger partial charge in [0.15, 0.2) is 11.6 Å². The normalized spacial score (nSPS) is 13.9. The first-order chi connectivity index (χ1) is 14.4. The van der Waals surface area contributed by atoms with E-state index in [1.165, 1.54) is 17.4 Å². The zero-order valence-electron chi connectivity index (χ0n) is 16.1. The van der Waals surface area contributed by atoms with E-state index in [0.29, 0.717) is 10.6 Å². The Kier molecular flexibility index (Phi) is 5.09. The predicted octanol–water partition coefficient (Wildman–Crippen LogP) is 4.49. The number of imide groups is 1. The van der Waals surface area contributed by atoms with Crippen LogP contribution in [0.15, 0.2) is 65.7 Å². The van der Waals surface area contributed by atoms with E-state index >= 15 is 0 Å². The first-order valence-corrected chi connectivity index (χ1v) is 9.91. The first kappa shape index (κ1) is 19.8. The number of amides is 2. The topological polar surface area (TPSA) is 52.6 Å². The van der Waals surface area contributed by atoms with Crippen molar-refractivity contribution in [1.29, 1.82) is 0 Å². The quantitative estimate of drug-likeness (QED) is 0.612. The van der Waals surface area contributed by atoms with Crippen LogP contribution in [0.4, 0.5) is 25.8 Å². The molecule has 0 saturated carbocycles. The van der Waals surface area contributed by atoms with Crippen LogP contribution in [0.2, 0.25) is 0 Å². The molecule has 2 amide bonds. The Morgan fingerprint density at radius 3 is 2.40 bits per heavy atom. The summed E-state index contributed by atoms with van der Waals surface area (Å²) in [5.41, 5.74) is 1.63. The van der Waals surface area contributed by atoms with Gasteiger partial charge in [0, 0.05) is 36.4 Å². The predicted molar refractivity (Wildman–Crippen MR) is 114 cm³/mol. The second-order valence-corrected chi connectivity index (χ2v) is 7.79. The molecule has 0 fully saturated rings. The van der Waals surface area contributed by atoms with Crippen LogP contribution in [0.1, 0.15) is 4.88 Å². The van der Waals surface area contributed by atoms with E-state index in [0.717, 1.165) is 22.7 Å². The molecule has 1 aliphatic rings. The van der Waals surface area contributed by atoms with E-state index in [2.05, 4.69) is 5.32 Å². The summed E-state index contributed by atoms with van der Waals surface area (Å²) in [6.07, 6.45) is 0. The highest BCUT2D eigenvalue weighted by Crippen LogP contribution is 2.36. The standard InChI is InChI=1S/C22H17F2N3O2S/c1-26(2)14-5-3-6-15(12-14)27-21(28)19(18-7-4-10-30-18)20(22(27)29)25-13-8-9-16(23)17(24)11-13/h3-12,25H,1-2H3. The van der Waals surface area contributed by atoms with Gasteiger partial charge >= 0.3 is 0 Å². The van der Waals surface area contributed by atoms with Crippen molar-refractivity contribution in [3.05, 3.63) is 82.2 Å². The number of nitrogens with zero attached hydrogens (tertiary/aromatic N) is 2. The van der Waals surface area contributed by atoms with Crippen LogP contribution in [-0.2, 0) is 9.59 Å². The van der Waals surface area contributed by atoms with Gasteiger partial charge in [0.25, 0.3) is 11.8 Å². The maximum atomic E-state index is 13.7. The molecule has 2 heterocycles. The maximum absolute atomic E-state index is 13.7. The minimum atomic E-state index is -1.05. The van der Waals surface area contributed by atoms with Crippen LogP contribution in [0.5, 0.6) is 0 Å². The zero-order valence-corrected chi connectivity index (χ0v) is 17.0. The van der Waals surface area contributed by atoms with E-state index in [-0.39, 0.29) is 17.0 Å². The third-order valence-corrected chi connectivity index (χ3v) is 5.53. The van der Waals surface area contributed by atoms with E-state index in [1.807, 2.05) is 25.1 Å². The number of thiophene rings is 1. The number of benzene rings is 2. The highest BCUT2D eigenvalue weighted by molar-refractivity contribution is 7.11. The summed E-state index contributed by atoms with van der Waals surface area (Å²) in [7, 11) is 3.72. The first-order valence-electron chi connectivity index (χ1n) is 9.03. The van der Waals surface area contributed by atoms with E-state index in [9.17, 15) is 18.4 Å². The number of nitrogens with one attached hydrogen (secondary N) is 1. The van der Waals surface area contributed by atoms with Crippen LogP contribution in [-0.4, -0.2) is 25.9 Å². The fraction of sp³-hybridized carbons (Fsp3) is 0.0909. The molecule has 0 unspecified atom stereocenters. The van der Waals surface area contributed by atoms with E-state index in [1.54, 1.807) is 35.7 Å². The van der Waals surface area contributed by atoms with Gasteiger partial charge in [-0.25, -0.2) is 13.7 Å². The fourth-order valence-corrected chi connectivity index (χ4v) is 3.93. The number of halogens is 2. The Labute approximate surface area is 175 Å². The average Bonchev–Trinajstić information content (AvgIpc) is 3.32. The Morgan fingerprint density at radius 1 is 0.933 bits per heavy atom. The van der Waals surface area contributed by atoms with Gasteiger partial charge in [0.05, 0.1) is 11.3 Å². The Balaban J connectivity index is 1.79. The van der Waals surface area contributed by atoms with Crippen LogP contribution >= 0.6 is 11.3 Å². The Bertz CT molecular complexity index is 1170. The maximum Gasteiger partial charge on any atom is 0.282 e. The van der Waals surface area contributed by atoms with Crippen LogP contribution in [0.3, 0.4) is 0 Å². The number of hydrogen-bond acceptors (Lipinski definition) is 5. The minimum absolute atomic E-state index is 0.0173. The SMILES string of the molecule is CN(C)c1cccc(N2C(=O)C(Nc3ccc(F)c(F)c3)=C(c3cccs3)C2=O)c1. The highest BCUT2D eigenvalue weighted by atomic mass is 32.1. The summed E-state index contributed by atoms with van der Waals surface area (Å²) in [4.78, 5) is 30.1. The number of hydrogen-bond donors (Lipinski definition) is 1. The summed E-state index contributed by atoms with van der Waals surface area (Å²) >= 11 is 1.31. The molecule has 3 aromatic rings. The van der Waals surface area contributed by atoms with Gasteiger partial charge in [0.1, 0.15) is 5.70 Å². The monoisotopic (exact) mass is 425 g/mol. The lowest BCUT2D eigenvalue weighted by Gasteiger charge is -2.19. The summed E-state index contributed by atoms with van der Waals surface area (Å²) in [6, 6.07) is 13.8. The summed E-state index contributed by atoms with van der Waals surface area (Å²) in [5, 5.41) is 4.62. The molecule has 0 radical (unpaired) electrons. The van der Waals surface area contributed by atoms with Crippen molar-refractivity contribution in [3.63, 3.8) is 0 Å². The van der Waals surface area contributed by atoms with Crippen molar-refractivity contribution in [2.75, 3.05) is 29.2 Å². The van der Waals surface area contributed by atoms with Crippen LogP contribution < -0.4 is 15.1 Å².